The molecule has 0 heterocycles. The third-order valence-corrected chi connectivity index (χ3v) is 2.65. The van der Waals surface area contributed by atoms with Crippen LogP contribution in [0, 0.1) is 5.41 Å². The zero-order chi connectivity index (χ0) is 12.4. The Bertz CT molecular complexity index is 325. The molecule has 0 amide bonds. The van der Waals surface area contributed by atoms with Crippen molar-refractivity contribution < 1.29 is 9.53 Å². The molecule has 1 aliphatic rings. The lowest BCUT2D eigenvalue weighted by Gasteiger charge is -2.33. The summed E-state index contributed by atoms with van der Waals surface area (Å²) < 4.78 is 5.30. The minimum Gasteiger partial charge on any atom is -0.459 e. The first kappa shape index (κ1) is 13.0. The first-order valence-corrected chi connectivity index (χ1v) is 5.57. The number of hydrogen-bond donors (Lipinski definition) is 1. The van der Waals surface area contributed by atoms with Crippen molar-refractivity contribution in [3.8, 4) is 0 Å². The molecule has 0 bridgehead atoms. The molecule has 0 saturated carbocycles. The van der Waals surface area contributed by atoms with E-state index < -0.39 is 11.6 Å². The van der Waals surface area contributed by atoms with E-state index >= 15 is 0 Å². The second kappa shape index (κ2) is 4.42. The van der Waals surface area contributed by atoms with E-state index in [0.29, 0.717) is 0 Å². The van der Waals surface area contributed by atoms with Gasteiger partial charge >= 0.3 is 5.97 Å². The van der Waals surface area contributed by atoms with Crippen molar-refractivity contribution in [3.05, 3.63) is 24.3 Å². The lowest BCUT2D eigenvalue weighted by molar-refractivity contribution is -0.158. The number of hydrogen-bond acceptors (Lipinski definition) is 3. The van der Waals surface area contributed by atoms with E-state index in [0.717, 1.165) is 6.42 Å². The van der Waals surface area contributed by atoms with Crippen LogP contribution in [-0.2, 0) is 9.53 Å². The summed E-state index contributed by atoms with van der Waals surface area (Å²) in [5.41, 5.74) is 5.15. The van der Waals surface area contributed by atoms with Crippen LogP contribution in [0.5, 0.6) is 0 Å². The fourth-order valence-electron chi connectivity index (χ4n) is 1.61. The topological polar surface area (TPSA) is 52.3 Å². The quantitative estimate of drug-likeness (QED) is 0.730. The summed E-state index contributed by atoms with van der Waals surface area (Å²) in [7, 11) is 0. The normalized spacial score (nSPS) is 26.6. The molecule has 2 N–H and O–H groups in total. The third-order valence-electron chi connectivity index (χ3n) is 2.65. The molecular weight excluding hydrogens is 202 g/mol. The second-order valence-corrected chi connectivity index (χ2v) is 5.51. The molecule has 0 fully saturated rings. The van der Waals surface area contributed by atoms with Gasteiger partial charge in [-0.2, -0.15) is 0 Å². The summed E-state index contributed by atoms with van der Waals surface area (Å²) in [5.74, 6) is -0.338. The standard InChI is InChI=1S/C13H21NO2/c1-12(2,3)16-11(15)10(14)13(4)8-6-5-7-9-13/h5-8,10H,9,14H2,1-4H3/t10-,13?/m0/s1. The highest BCUT2D eigenvalue weighted by molar-refractivity contribution is 5.77. The van der Waals surface area contributed by atoms with Crippen LogP contribution < -0.4 is 5.73 Å². The van der Waals surface area contributed by atoms with Gasteiger partial charge in [-0.15, -0.1) is 0 Å². The zero-order valence-electron chi connectivity index (χ0n) is 10.5. The Morgan fingerprint density at radius 1 is 1.44 bits per heavy atom. The van der Waals surface area contributed by atoms with Gasteiger partial charge in [-0.25, -0.2) is 0 Å². The van der Waals surface area contributed by atoms with Crippen LogP contribution in [0.4, 0.5) is 0 Å². The number of rotatable bonds is 2. The Balaban J connectivity index is 2.70. The molecule has 90 valence electrons. The first-order chi connectivity index (χ1) is 7.25. The highest BCUT2D eigenvalue weighted by Crippen LogP contribution is 2.31. The van der Waals surface area contributed by atoms with Crippen LogP contribution in [0.3, 0.4) is 0 Å². The van der Waals surface area contributed by atoms with Gasteiger partial charge in [-0.1, -0.05) is 31.2 Å². The zero-order valence-corrected chi connectivity index (χ0v) is 10.5. The molecule has 1 unspecified atom stereocenters. The van der Waals surface area contributed by atoms with Gasteiger partial charge in [-0.3, -0.25) is 4.79 Å². The molecule has 3 heteroatoms. The molecule has 1 rings (SSSR count). The predicted octanol–water partition coefficient (Wildman–Crippen LogP) is 2.18. The maximum absolute atomic E-state index is 11.9. The second-order valence-electron chi connectivity index (χ2n) is 5.51. The summed E-state index contributed by atoms with van der Waals surface area (Å²) >= 11 is 0. The summed E-state index contributed by atoms with van der Waals surface area (Å²) in [6, 6.07) is -0.618. The molecule has 0 aromatic rings. The van der Waals surface area contributed by atoms with Gasteiger partial charge in [0, 0.05) is 5.41 Å². The fourth-order valence-corrected chi connectivity index (χ4v) is 1.61. The van der Waals surface area contributed by atoms with Gasteiger partial charge in [0.25, 0.3) is 0 Å². The maximum atomic E-state index is 11.9. The molecule has 0 aliphatic heterocycles. The number of carbonyl (C=O) groups is 1. The summed E-state index contributed by atoms with van der Waals surface area (Å²) in [6.45, 7) is 7.51. The third kappa shape index (κ3) is 3.20. The van der Waals surface area contributed by atoms with Crippen LogP contribution in [0.1, 0.15) is 34.1 Å². The van der Waals surface area contributed by atoms with Crippen LogP contribution in [0.2, 0.25) is 0 Å². The van der Waals surface area contributed by atoms with E-state index in [4.69, 9.17) is 10.5 Å². The Morgan fingerprint density at radius 2 is 2.06 bits per heavy atom. The molecule has 0 aromatic heterocycles. The maximum Gasteiger partial charge on any atom is 0.324 e. The molecule has 0 aromatic carbocycles. The van der Waals surface area contributed by atoms with Gasteiger partial charge in [0.05, 0.1) is 0 Å². The van der Waals surface area contributed by atoms with Gasteiger partial charge in [-0.05, 0) is 27.2 Å². The molecule has 2 atom stereocenters. The largest absolute Gasteiger partial charge is 0.459 e. The van der Waals surface area contributed by atoms with Crippen molar-refractivity contribution in [2.75, 3.05) is 0 Å². The van der Waals surface area contributed by atoms with Gasteiger partial charge < -0.3 is 10.5 Å². The lowest BCUT2D eigenvalue weighted by atomic mass is 9.77. The minimum absolute atomic E-state index is 0.336. The van der Waals surface area contributed by atoms with Crippen molar-refractivity contribution in [2.24, 2.45) is 11.1 Å². The molecule has 0 radical (unpaired) electrons. The van der Waals surface area contributed by atoms with Crippen LogP contribution in [0.25, 0.3) is 0 Å². The van der Waals surface area contributed by atoms with Gasteiger partial charge in [0.1, 0.15) is 11.6 Å². The van der Waals surface area contributed by atoms with E-state index in [1.807, 2.05) is 52.0 Å². The number of esters is 1. The van der Waals surface area contributed by atoms with E-state index in [1.165, 1.54) is 0 Å². The number of nitrogens with two attached hydrogens (primary N) is 1. The van der Waals surface area contributed by atoms with E-state index in [9.17, 15) is 4.79 Å². The van der Waals surface area contributed by atoms with Crippen molar-refractivity contribution in [2.45, 2.75) is 45.8 Å². The Morgan fingerprint density at radius 3 is 2.50 bits per heavy atom. The molecule has 1 aliphatic carbocycles. The fraction of sp³-hybridized carbons (Fsp3) is 0.615. The first-order valence-electron chi connectivity index (χ1n) is 5.57. The Kier molecular flexibility index (Phi) is 3.58. The highest BCUT2D eigenvalue weighted by Gasteiger charge is 2.36. The number of carbonyl (C=O) groups excluding carboxylic acids is 1. The Labute approximate surface area is 97.3 Å². The smallest absolute Gasteiger partial charge is 0.324 e. The molecule has 16 heavy (non-hydrogen) atoms. The van der Waals surface area contributed by atoms with Crippen molar-refractivity contribution >= 4 is 5.97 Å². The molecular formula is C13H21NO2. The summed E-state index contributed by atoms with van der Waals surface area (Å²) in [4.78, 5) is 11.9. The van der Waals surface area contributed by atoms with Crippen molar-refractivity contribution in [1.29, 1.82) is 0 Å². The predicted molar refractivity (Wildman–Crippen MR) is 64.8 cm³/mol. The number of ether oxygens (including phenoxy) is 1. The van der Waals surface area contributed by atoms with Crippen molar-refractivity contribution in [1.82, 2.24) is 0 Å². The van der Waals surface area contributed by atoms with E-state index in [2.05, 4.69) is 0 Å². The average molecular weight is 223 g/mol. The van der Waals surface area contributed by atoms with E-state index in [-0.39, 0.29) is 11.4 Å². The van der Waals surface area contributed by atoms with E-state index in [1.54, 1.807) is 0 Å². The summed E-state index contributed by atoms with van der Waals surface area (Å²) in [6.07, 6.45) is 8.65. The van der Waals surface area contributed by atoms with Crippen LogP contribution in [0.15, 0.2) is 24.3 Å². The Hall–Kier alpha value is -1.09. The molecule has 0 spiro atoms. The van der Waals surface area contributed by atoms with Crippen LogP contribution in [-0.4, -0.2) is 17.6 Å². The highest BCUT2D eigenvalue weighted by atomic mass is 16.6. The minimum atomic E-state index is -0.618. The molecule has 0 saturated heterocycles. The number of allylic oxidation sites excluding steroid dienone is 3. The molecule has 3 nitrogen and oxygen atoms in total. The lowest BCUT2D eigenvalue weighted by Crippen LogP contribution is -2.47. The van der Waals surface area contributed by atoms with Crippen molar-refractivity contribution in [3.63, 3.8) is 0 Å². The monoisotopic (exact) mass is 223 g/mol. The SMILES string of the molecule is CC(C)(C)OC(=O)[C@H](N)C1(C)C=CC=CC1. The summed E-state index contributed by atoms with van der Waals surface area (Å²) in [5, 5.41) is 0. The van der Waals surface area contributed by atoms with Crippen LogP contribution >= 0.6 is 0 Å². The van der Waals surface area contributed by atoms with Gasteiger partial charge in [0.15, 0.2) is 0 Å². The average Bonchev–Trinajstić information content (AvgIpc) is 2.15. The van der Waals surface area contributed by atoms with Gasteiger partial charge in [0.2, 0.25) is 0 Å².